The number of amides is 2. The van der Waals surface area contributed by atoms with Gasteiger partial charge in [-0.3, -0.25) is 0 Å². The molecule has 3 heteroatoms. The van der Waals surface area contributed by atoms with E-state index in [1.807, 2.05) is 6.92 Å². The number of nitrogens with one attached hydrogen (secondary N) is 2. The summed E-state index contributed by atoms with van der Waals surface area (Å²) >= 11 is 0. The Morgan fingerprint density at radius 2 is 1.72 bits per heavy atom. The van der Waals surface area contributed by atoms with Crippen molar-refractivity contribution in [3.63, 3.8) is 0 Å². The van der Waals surface area contributed by atoms with Gasteiger partial charge in [0, 0.05) is 6.04 Å². The van der Waals surface area contributed by atoms with E-state index in [0.717, 1.165) is 18.4 Å². The molecule has 1 aromatic carbocycles. The SMILES string of the molecule is CC[C@H](NC(=O)N[C@@H](C)CC)c1ccc(C)cc1. The fourth-order valence-corrected chi connectivity index (χ4v) is 1.75. The van der Waals surface area contributed by atoms with Crippen molar-refractivity contribution in [3.8, 4) is 0 Å². The summed E-state index contributed by atoms with van der Waals surface area (Å²) < 4.78 is 0. The zero-order chi connectivity index (χ0) is 13.5. The molecular formula is C15H24N2O. The Morgan fingerprint density at radius 1 is 1.11 bits per heavy atom. The summed E-state index contributed by atoms with van der Waals surface area (Å²) in [4.78, 5) is 11.8. The Labute approximate surface area is 110 Å². The topological polar surface area (TPSA) is 41.1 Å². The molecular weight excluding hydrogens is 224 g/mol. The molecule has 1 rings (SSSR count). The minimum atomic E-state index is -0.0863. The van der Waals surface area contributed by atoms with Gasteiger partial charge in [0.15, 0.2) is 0 Å². The van der Waals surface area contributed by atoms with E-state index in [0.29, 0.717) is 0 Å². The summed E-state index contributed by atoms with van der Waals surface area (Å²) in [5.41, 5.74) is 2.39. The number of carbonyl (C=O) groups excluding carboxylic acids is 1. The number of rotatable bonds is 5. The average Bonchev–Trinajstić information content (AvgIpc) is 2.37. The molecule has 2 amide bonds. The van der Waals surface area contributed by atoms with Crippen molar-refractivity contribution in [3.05, 3.63) is 35.4 Å². The molecule has 1 aromatic rings. The zero-order valence-corrected chi connectivity index (χ0v) is 11.8. The Morgan fingerprint density at radius 3 is 2.22 bits per heavy atom. The number of aryl methyl sites for hydroxylation is 1. The maximum Gasteiger partial charge on any atom is 0.315 e. The molecule has 0 saturated heterocycles. The number of carbonyl (C=O) groups is 1. The highest BCUT2D eigenvalue weighted by Gasteiger charge is 2.13. The lowest BCUT2D eigenvalue weighted by Crippen LogP contribution is -2.42. The van der Waals surface area contributed by atoms with Crippen molar-refractivity contribution in [1.29, 1.82) is 0 Å². The maximum absolute atomic E-state index is 11.8. The van der Waals surface area contributed by atoms with Crippen LogP contribution < -0.4 is 10.6 Å². The molecule has 2 N–H and O–H groups in total. The van der Waals surface area contributed by atoms with Crippen LogP contribution in [0.3, 0.4) is 0 Å². The average molecular weight is 248 g/mol. The van der Waals surface area contributed by atoms with E-state index in [1.165, 1.54) is 5.56 Å². The van der Waals surface area contributed by atoms with Crippen LogP contribution in [0.4, 0.5) is 4.79 Å². The van der Waals surface area contributed by atoms with E-state index in [2.05, 4.69) is 55.7 Å². The van der Waals surface area contributed by atoms with Gasteiger partial charge in [0.05, 0.1) is 6.04 Å². The van der Waals surface area contributed by atoms with Crippen molar-refractivity contribution in [1.82, 2.24) is 10.6 Å². The molecule has 3 nitrogen and oxygen atoms in total. The van der Waals surface area contributed by atoms with Gasteiger partial charge in [-0.15, -0.1) is 0 Å². The number of benzene rings is 1. The predicted molar refractivity (Wildman–Crippen MR) is 75.6 cm³/mol. The van der Waals surface area contributed by atoms with Crippen LogP contribution in [0.15, 0.2) is 24.3 Å². The highest BCUT2D eigenvalue weighted by atomic mass is 16.2. The van der Waals surface area contributed by atoms with Crippen molar-refractivity contribution in [2.75, 3.05) is 0 Å². The number of hydrogen-bond donors (Lipinski definition) is 2. The monoisotopic (exact) mass is 248 g/mol. The van der Waals surface area contributed by atoms with Gasteiger partial charge in [-0.25, -0.2) is 4.79 Å². The molecule has 0 radical (unpaired) electrons. The number of hydrogen-bond acceptors (Lipinski definition) is 1. The minimum Gasteiger partial charge on any atom is -0.336 e. The van der Waals surface area contributed by atoms with Crippen LogP contribution in [0.1, 0.15) is 50.8 Å². The van der Waals surface area contributed by atoms with Gasteiger partial charge in [-0.05, 0) is 32.3 Å². The predicted octanol–water partition coefficient (Wildman–Crippen LogP) is 3.54. The number of urea groups is 1. The lowest BCUT2D eigenvalue weighted by Gasteiger charge is -2.20. The molecule has 100 valence electrons. The van der Waals surface area contributed by atoms with Gasteiger partial charge in [0.1, 0.15) is 0 Å². The first-order valence-electron chi connectivity index (χ1n) is 6.70. The second-order valence-corrected chi connectivity index (χ2v) is 4.80. The van der Waals surface area contributed by atoms with Crippen LogP contribution in [-0.4, -0.2) is 12.1 Å². The van der Waals surface area contributed by atoms with Crippen LogP contribution in [0.25, 0.3) is 0 Å². The van der Waals surface area contributed by atoms with Gasteiger partial charge >= 0.3 is 6.03 Å². The standard InChI is InChI=1S/C15H24N2O/c1-5-12(4)16-15(18)17-14(6-2)13-9-7-11(3)8-10-13/h7-10,12,14H,5-6H2,1-4H3,(H2,16,17,18)/t12-,14-/m0/s1. The molecule has 0 spiro atoms. The summed E-state index contributed by atoms with van der Waals surface area (Å²) in [5.74, 6) is 0. The molecule has 0 aliphatic rings. The molecule has 0 unspecified atom stereocenters. The largest absolute Gasteiger partial charge is 0.336 e. The van der Waals surface area contributed by atoms with Crippen LogP contribution in [-0.2, 0) is 0 Å². The molecule has 0 aliphatic carbocycles. The third-order valence-corrected chi connectivity index (χ3v) is 3.18. The molecule has 0 saturated carbocycles. The van der Waals surface area contributed by atoms with Gasteiger partial charge < -0.3 is 10.6 Å². The van der Waals surface area contributed by atoms with Gasteiger partial charge in [0.2, 0.25) is 0 Å². The fraction of sp³-hybridized carbons (Fsp3) is 0.533. The second-order valence-electron chi connectivity index (χ2n) is 4.80. The highest BCUT2D eigenvalue weighted by molar-refractivity contribution is 5.74. The minimum absolute atomic E-state index is 0.0784. The lowest BCUT2D eigenvalue weighted by atomic mass is 10.0. The van der Waals surface area contributed by atoms with E-state index in [4.69, 9.17) is 0 Å². The Hall–Kier alpha value is -1.51. The molecule has 0 aliphatic heterocycles. The van der Waals surface area contributed by atoms with Crippen molar-refractivity contribution < 1.29 is 4.79 Å². The van der Waals surface area contributed by atoms with E-state index < -0.39 is 0 Å². The Balaban J connectivity index is 2.61. The normalized spacial score (nSPS) is 13.8. The molecule has 0 aromatic heterocycles. The summed E-state index contributed by atoms with van der Waals surface area (Å²) in [6.45, 7) is 8.20. The van der Waals surface area contributed by atoms with Crippen LogP contribution >= 0.6 is 0 Å². The first kappa shape index (κ1) is 14.6. The molecule has 0 fully saturated rings. The van der Waals surface area contributed by atoms with E-state index in [1.54, 1.807) is 0 Å². The van der Waals surface area contributed by atoms with Crippen molar-refractivity contribution in [2.45, 2.75) is 52.6 Å². The highest BCUT2D eigenvalue weighted by Crippen LogP contribution is 2.16. The Bertz CT molecular complexity index is 373. The Kier molecular flexibility index (Phi) is 5.69. The first-order chi connectivity index (χ1) is 8.56. The van der Waals surface area contributed by atoms with Gasteiger partial charge in [0.25, 0.3) is 0 Å². The summed E-state index contributed by atoms with van der Waals surface area (Å²) in [6.07, 6.45) is 1.83. The van der Waals surface area contributed by atoms with Crippen molar-refractivity contribution in [2.24, 2.45) is 0 Å². The maximum atomic E-state index is 11.8. The molecule has 18 heavy (non-hydrogen) atoms. The molecule has 0 heterocycles. The van der Waals surface area contributed by atoms with Gasteiger partial charge in [-0.1, -0.05) is 43.7 Å². The summed E-state index contributed by atoms with van der Waals surface area (Å²) in [7, 11) is 0. The molecule has 0 bridgehead atoms. The fourth-order valence-electron chi connectivity index (χ4n) is 1.75. The van der Waals surface area contributed by atoms with Crippen LogP contribution in [0.5, 0.6) is 0 Å². The van der Waals surface area contributed by atoms with E-state index in [9.17, 15) is 4.79 Å². The van der Waals surface area contributed by atoms with Crippen molar-refractivity contribution >= 4 is 6.03 Å². The summed E-state index contributed by atoms with van der Waals surface area (Å²) in [6, 6.07) is 8.51. The third-order valence-electron chi connectivity index (χ3n) is 3.18. The quantitative estimate of drug-likeness (QED) is 0.822. The smallest absolute Gasteiger partial charge is 0.315 e. The second kappa shape index (κ2) is 7.04. The van der Waals surface area contributed by atoms with Crippen LogP contribution in [0, 0.1) is 6.92 Å². The zero-order valence-electron chi connectivity index (χ0n) is 11.8. The third kappa shape index (κ3) is 4.40. The first-order valence-corrected chi connectivity index (χ1v) is 6.70. The molecule has 2 atom stereocenters. The van der Waals surface area contributed by atoms with E-state index >= 15 is 0 Å². The lowest BCUT2D eigenvalue weighted by molar-refractivity contribution is 0.233. The van der Waals surface area contributed by atoms with E-state index in [-0.39, 0.29) is 18.1 Å². The van der Waals surface area contributed by atoms with Crippen LogP contribution in [0.2, 0.25) is 0 Å². The van der Waals surface area contributed by atoms with Gasteiger partial charge in [-0.2, -0.15) is 0 Å². The summed E-state index contributed by atoms with van der Waals surface area (Å²) in [5, 5.41) is 5.94.